The van der Waals surface area contributed by atoms with Crippen LogP contribution in [0.15, 0.2) is 48.7 Å². The smallest absolute Gasteiger partial charge is 0.307 e. The number of methoxy groups -OCH3 is 1. The van der Waals surface area contributed by atoms with Gasteiger partial charge in [0.25, 0.3) is 0 Å². The lowest BCUT2D eigenvalue weighted by atomic mass is 9.96. The van der Waals surface area contributed by atoms with Crippen molar-refractivity contribution in [1.29, 1.82) is 0 Å². The molecule has 34 heavy (non-hydrogen) atoms. The summed E-state index contributed by atoms with van der Waals surface area (Å²) in [7, 11) is 1.40. The van der Waals surface area contributed by atoms with Crippen molar-refractivity contribution in [2.75, 3.05) is 20.4 Å². The quantitative estimate of drug-likeness (QED) is 0.424. The molecule has 5 rings (SSSR count). The van der Waals surface area contributed by atoms with Crippen LogP contribution in [0, 0.1) is 13.8 Å². The molecule has 1 N–H and O–H groups in total. The van der Waals surface area contributed by atoms with Crippen molar-refractivity contribution in [2.24, 2.45) is 0 Å². The number of aryl methyl sites for hydroxylation is 1. The molecule has 1 aromatic carbocycles. The van der Waals surface area contributed by atoms with E-state index in [0.717, 1.165) is 39.8 Å². The summed E-state index contributed by atoms with van der Waals surface area (Å²) in [6.07, 6.45) is 2.02. The fraction of sp³-hybridized carbons (Fsp3) is 0.320. The van der Waals surface area contributed by atoms with Crippen molar-refractivity contribution in [1.82, 2.24) is 19.8 Å². The van der Waals surface area contributed by atoms with E-state index < -0.39 is 0 Å². The van der Waals surface area contributed by atoms with Crippen molar-refractivity contribution in [3.05, 3.63) is 71.3 Å². The Morgan fingerprint density at radius 3 is 2.79 bits per heavy atom. The minimum atomic E-state index is -0.270. The summed E-state index contributed by atoms with van der Waals surface area (Å²) < 4.78 is 18.1. The maximum Gasteiger partial charge on any atom is 0.307 e. The van der Waals surface area contributed by atoms with E-state index >= 15 is 0 Å². The van der Waals surface area contributed by atoms with Crippen LogP contribution in [-0.2, 0) is 9.53 Å². The number of nitrogens with zero attached hydrogens (tertiary/aromatic N) is 3. The Kier molecular flexibility index (Phi) is 5.87. The molecule has 2 aromatic heterocycles. The van der Waals surface area contributed by atoms with Crippen LogP contribution in [0.4, 0.5) is 0 Å². The highest BCUT2D eigenvalue weighted by Crippen LogP contribution is 2.42. The Hall–Kier alpha value is -3.59. The fourth-order valence-corrected chi connectivity index (χ4v) is 5.14. The number of hydrogen-bond acceptors (Lipinski definition) is 6. The number of rotatable bonds is 6. The number of esters is 1. The van der Waals surface area contributed by atoms with E-state index in [1.165, 1.54) is 7.11 Å². The predicted octanol–water partition coefficient (Wildman–Crippen LogP) is 3.75. The zero-order valence-electron chi connectivity index (χ0n) is 19.3. The SMILES string of the molecule is COC(=O)CCN1C(=S)N[C@@H](c2ccccn2)[C@@H]1c1cc(C)n(-c2ccc3c(c2)OCO3)c1C. The zero-order valence-corrected chi connectivity index (χ0v) is 20.1. The number of benzene rings is 1. The van der Waals surface area contributed by atoms with Crippen molar-refractivity contribution >= 4 is 23.3 Å². The summed E-state index contributed by atoms with van der Waals surface area (Å²) in [6.45, 7) is 4.86. The molecular formula is C25H26N4O4S. The summed E-state index contributed by atoms with van der Waals surface area (Å²) in [5, 5.41) is 4.03. The zero-order chi connectivity index (χ0) is 23.8. The van der Waals surface area contributed by atoms with Crippen LogP contribution in [0.3, 0.4) is 0 Å². The maximum absolute atomic E-state index is 11.9. The van der Waals surface area contributed by atoms with Gasteiger partial charge < -0.3 is 29.0 Å². The molecule has 3 aromatic rings. The number of carbonyl (C=O) groups excluding carboxylic acids is 1. The largest absolute Gasteiger partial charge is 0.469 e. The molecule has 0 unspecified atom stereocenters. The van der Waals surface area contributed by atoms with Gasteiger partial charge in [-0.1, -0.05) is 6.07 Å². The molecule has 2 aliphatic heterocycles. The van der Waals surface area contributed by atoms with Gasteiger partial charge in [-0.25, -0.2) is 0 Å². The lowest BCUT2D eigenvalue weighted by molar-refractivity contribution is -0.140. The number of ether oxygens (including phenoxy) is 3. The highest BCUT2D eigenvalue weighted by atomic mass is 32.1. The van der Waals surface area contributed by atoms with Crippen LogP contribution in [0.5, 0.6) is 11.5 Å². The van der Waals surface area contributed by atoms with E-state index in [1.54, 1.807) is 6.20 Å². The van der Waals surface area contributed by atoms with Crippen LogP contribution in [-0.4, -0.2) is 46.0 Å². The van der Waals surface area contributed by atoms with Crippen molar-refractivity contribution in [3.8, 4) is 17.2 Å². The van der Waals surface area contributed by atoms with Gasteiger partial charge in [-0.15, -0.1) is 0 Å². The summed E-state index contributed by atoms with van der Waals surface area (Å²) in [5.41, 5.74) is 5.16. The van der Waals surface area contributed by atoms with Crippen molar-refractivity contribution in [3.63, 3.8) is 0 Å². The molecule has 0 spiro atoms. The molecule has 2 atom stereocenters. The first-order chi connectivity index (χ1) is 16.5. The van der Waals surface area contributed by atoms with Crippen LogP contribution in [0.2, 0.25) is 0 Å². The standard InChI is InChI=1S/C25H26N4O4S/c1-15-12-18(16(2)29(15)17-7-8-20-21(13-17)33-14-32-20)24-23(19-6-4-5-10-26-19)27-25(34)28(24)11-9-22(30)31-3/h4-8,10,12-13,23-24H,9,11,14H2,1-3H3,(H,27,34)/t23-,24-/m0/s1. The molecule has 1 saturated heterocycles. The second-order valence-electron chi connectivity index (χ2n) is 8.35. The molecule has 0 aliphatic carbocycles. The molecule has 0 saturated carbocycles. The predicted molar refractivity (Wildman–Crippen MR) is 130 cm³/mol. The second kappa shape index (κ2) is 8.98. The fourth-order valence-electron chi connectivity index (χ4n) is 4.81. The van der Waals surface area contributed by atoms with Gasteiger partial charge in [0, 0.05) is 35.9 Å². The number of fused-ring (bicyclic) bond motifs is 1. The first-order valence-electron chi connectivity index (χ1n) is 11.1. The lowest BCUT2D eigenvalue weighted by Crippen LogP contribution is -2.32. The molecule has 1 fully saturated rings. The van der Waals surface area contributed by atoms with Crippen molar-refractivity contribution in [2.45, 2.75) is 32.4 Å². The van der Waals surface area contributed by atoms with Gasteiger partial charge in [0.05, 0.1) is 31.3 Å². The molecule has 8 nitrogen and oxygen atoms in total. The van der Waals surface area contributed by atoms with Gasteiger partial charge in [-0.2, -0.15) is 0 Å². The highest BCUT2D eigenvalue weighted by molar-refractivity contribution is 7.80. The summed E-state index contributed by atoms with van der Waals surface area (Å²) in [4.78, 5) is 18.6. The number of aromatic nitrogens is 2. The first-order valence-corrected chi connectivity index (χ1v) is 11.5. The molecule has 176 valence electrons. The van der Waals surface area contributed by atoms with Gasteiger partial charge in [0.2, 0.25) is 6.79 Å². The maximum atomic E-state index is 11.9. The number of carbonyl (C=O) groups is 1. The Bertz CT molecular complexity index is 1240. The van der Waals surface area contributed by atoms with E-state index in [0.29, 0.717) is 11.7 Å². The molecular weight excluding hydrogens is 452 g/mol. The molecule has 9 heteroatoms. The Balaban J connectivity index is 1.57. The summed E-state index contributed by atoms with van der Waals surface area (Å²) >= 11 is 5.71. The number of pyridine rings is 1. The van der Waals surface area contributed by atoms with Crippen molar-refractivity contribution < 1.29 is 19.0 Å². The third-order valence-electron chi connectivity index (χ3n) is 6.39. The molecule has 0 bridgehead atoms. The van der Waals surface area contributed by atoms with Gasteiger partial charge in [0.15, 0.2) is 16.6 Å². The van der Waals surface area contributed by atoms with E-state index in [1.807, 2.05) is 36.4 Å². The van der Waals surface area contributed by atoms with Gasteiger partial charge in [-0.05, 0) is 62.0 Å². The minimum Gasteiger partial charge on any atom is -0.469 e. The van der Waals surface area contributed by atoms with Gasteiger partial charge >= 0.3 is 5.97 Å². The Morgan fingerprint density at radius 1 is 1.21 bits per heavy atom. The Morgan fingerprint density at radius 2 is 2.03 bits per heavy atom. The van der Waals surface area contributed by atoms with E-state index in [2.05, 4.69) is 39.7 Å². The lowest BCUT2D eigenvalue weighted by Gasteiger charge is -2.28. The molecule has 0 radical (unpaired) electrons. The minimum absolute atomic E-state index is 0.138. The number of nitrogens with one attached hydrogen (secondary N) is 1. The Labute approximate surface area is 203 Å². The third-order valence-corrected chi connectivity index (χ3v) is 6.74. The molecule has 0 amide bonds. The molecule has 4 heterocycles. The number of thiocarbonyl (C=S) groups is 1. The third kappa shape index (κ3) is 3.86. The number of hydrogen-bond donors (Lipinski definition) is 1. The van der Waals surface area contributed by atoms with E-state index in [4.69, 9.17) is 26.4 Å². The second-order valence-corrected chi connectivity index (χ2v) is 8.73. The van der Waals surface area contributed by atoms with E-state index in [9.17, 15) is 4.79 Å². The molecule has 2 aliphatic rings. The summed E-state index contributed by atoms with van der Waals surface area (Å²) in [6, 6.07) is 13.7. The van der Waals surface area contributed by atoms with Crippen LogP contribution >= 0.6 is 12.2 Å². The monoisotopic (exact) mass is 478 g/mol. The van der Waals surface area contributed by atoms with Crippen LogP contribution < -0.4 is 14.8 Å². The topological polar surface area (TPSA) is 77.9 Å². The van der Waals surface area contributed by atoms with Crippen LogP contribution in [0.1, 0.15) is 41.1 Å². The first kappa shape index (κ1) is 22.2. The normalized spacial score (nSPS) is 18.8. The van der Waals surface area contributed by atoms with E-state index in [-0.39, 0.29) is 31.3 Å². The van der Waals surface area contributed by atoms with Crippen LogP contribution in [0.25, 0.3) is 5.69 Å². The average Bonchev–Trinajstić information content (AvgIpc) is 3.52. The average molecular weight is 479 g/mol. The highest BCUT2D eigenvalue weighted by Gasteiger charge is 2.41. The summed E-state index contributed by atoms with van der Waals surface area (Å²) in [5.74, 6) is 1.22. The van der Waals surface area contributed by atoms with Gasteiger partial charge in [-0.3, -0.25) is 9.78 Å². The van der Waals surface area contributed by atoms with Gasteiger partial charge in [0.1, 0.15) is 0 Å².